The molecule has 0 aromatic heterocycles. The van der Waals surface area contributed by atoms with Gasteiger partial charge in [0.15, 0.2) is 0 Å². The molecule has 2 rings (SSSR count). The van der Waals surface area contributed by atoms with Crippen LogP contribution in [-0.2, 0) is 85.7 Å². The van der Waals surface area contributed by atoms with E-state index in [9.17, 15) is 48.6 Å². The summed E-state index contributed by atoms with van der Waals surface area (Å²) < 4.78 is 61.5. The number of hydrogen-bond donors (Lipinski definition) is 2. The van der Waals surface area contributed by atoms with E-state index in [1.165, 1.54) is 385 Å². The van der Waals surface area contributed by atoms with E-state index >= 15 is 0 Å². The summed E-state index contributed by atoms with van der Waals surface area (Å²) in [6.07, 6.45) is 105. The Kier molecular flexibility index (Phi) is 97.5. The van der Waals surface area contributed by atoms with Gasteiger partial charge in [-0.25, -0.2) is 9.59 Å². The van der Waals surface area contributed by atoms with Gasteiger partial charge in [-0.3, -0.25) is 28.8 Å². The third kappa shape index (κ3) is 80.2. The van der Waals surface area contributed by atoms with Crippen molar-refractivity contribution < 1.29 is 95.9 Å². The Morgan fingerprint density at radius 3 is 0.387 bits per heavy atom. The smallest absolute Gasteiger partial charge is 0.331 e. The molecule has 880 valence electrons. The van der Waals surface area contributed by atoms with E-state index < -0.39 is 134 Å². The fourth-order valence-electron chi connectivity index (χ4n) is 21.9. The van der Waals surface area contributed by atoms with Gasteiger partial charge in [0, 0.05) is 50.7 Å². The highest BCUT2D eigenvalue weighted by molar-refractivity contribution is 5.91. The molecule has 4 unspecified atom stereocenters. The number of aliphatic hydroxyl groups excluding tert-OH is 2. The highest BCUT2D eigenvalue weighted by Crippen LogP contribution is 2.45. The number of ether oxygens (including phenoxy) is 10. The van der Waals surface area contributed by atoms with Gasteiger partial charge in [-0.2, -0.15) is 0 Å². The van der Waals surface area contributed by atoms with Crippen LogP contribution in [0.15, 0.2) is 12.2 Å². The Hall–Kier alpha value is -4.66. The summed E-state index contributed by atoms with van der Waals surface area (Å²) in [4.78, 5) is 113. The molecule has 4 atom stereocenters. The number of unbranched alkanes of at least 4 members (excludes halogenated alkanes) is 84. The summed E-state index contributed by atoms with van der Waals surface area (Å²) in [7, 11) is 0. The Bertz CT molecular complexity index is 2820. The summed E-state index contributed by atoms with van der Waals surface area (Å²) >= 11 is 0. The summed E-state index contributed by atoms with van der Waals surface area (Å²) in [5.41, 5.74) is -6.70. The molecule has 0 spiro atoms. The van der Waals surface area contributed by atoms with Gasteiger partial charge < -0.3 is 57.6 Å². The largest absolute Gasteiger partial charge is 0.465 e. The first-order chi connectivity index (χ1) is 73.4. The van der Waals surface area contributed by atoms with E-state index in [1.807, 2.05) is 0 Å². The van der Waals surface area contributed by atoms with Gasteiger partial charge in [0.1, 0.15) is 52.9 Å². The van der Waals surface area contributed by atoms with Crippen molar-refractivity contribution in [2.75, 3.05) is 79.3 Å². The summed E-state index contributed by atoms with van der Waals surface area (Å²) in [5.74, 6) is -5.10. The molecular formula is C130H240O20. The molecular weight excluding hydrogens is 1880 g/mol. The van der Waals surface area contributed by atoms with Crippen molar-refractivity contribution in [2.24, 2.45) is 21.7 Å². The molecule has 2 fully saturated rings. The molecule has 2 N–H and O–H groups in total. The molecule has 0 saturated carbocycles. The zero-order valence-electron chi connectivity index (χ0n) is 98.9. The molecule has 2 aliphatic heterocycles. The van der Waals surface area contributed by atoms with Gasteiger partial charge in [-0.05, 0) is 38.5 Å². The molecule has 0 amide bonds. The number of carbonyl (C=O) groups is 8. The first-order valence-electron chi connectivity index (χ1n) is 64.9. The molecule has 0 radical (unpaired) electrons. The Morgan fingerprint density at radius 2 is 0.273 bits per heavy atom. The van der Waals surface area contributed by atoms with Gasteiger partial charge in [0.2, 0.25) is 0 Å². The fourth-order valence-corrected chi connectivity index (χ4v) is 21.9. The first-order valence-corrected chi connectivity index (χ1v) is 64.9. The summed E-state index contributed by atoms with van der Waals surface area (Å²) in [6, 6.07) is 0. The highest BCUT2D eigenvalue weighted by atomic mass is 16.6. The van der Waals surface area contributed by atoms with Crippen LogP contribution in [-0.4, -0.2) is 149 Å². The van der Waals surface area contributed by atoms with Crippen LogP contribution in [0.4, 0.5) is 0 Å². The average molecular weight is 2120 g/mol. The number of esters is 8. The average Bonchev–Trinajstić information content (AvgIpc) is 0.760. The van der Waals surface area contributed by atoms with Crippen LogP contribution in [0, 0.1) is 21.7 Å². The molecule has 0 aromatic carbocycles. The van der Waals surface area contributed by atoms with Crippen LogP contribution >= 0.6 is 0 Å². The van der Waals surface area contributed by atoms with Gasteiger partial charge in [0.25, 0.3) is 0 Å². The lowest BCUT2D eigenvalue weighted by atomic mass is 9.68. The summed E-state index contributed by atoms with van der Waals surface area (Å²) in [5, 5.41) is 26.5. The van der Waals surface area contributed by atoms with E-state index in [1.54, 1.807) is 0 Å². The molecule has 0 aromatic rings. The van der Waals surface area contributed by atoms with Crippen molar-refractivity contribution in [3.05, 3.63) is 12.2 Å². The van der Waals surface area contributed by atoms with Crippen LogP contribution in [0.5, 0.6) is 0 Å². The van der Waals surface area contributed by atoms with Gasteiger partial charge >= 0.3 is 47.8 Å². The molecule has 0 bridgehead atoms. The molecule has 20 nitrogen and oxygen atoms in total. The second kappa shape index (κ2) is 103. The van der Waals surface area contributed by atoms with E-state index in [0.29, 0.717) is 38.5 Å². The maximum atomic E-state index is 14.4. The third-order valence-corrected chi connectivity index (χ3v) is 32.3. The standard InChI is InChI=1S/C130H240O20/c1-7-13-19-25-31-37-43-49-55-61-67-73-79-85-91-97-117(131)143-109-127(110-144-118(132)98-92-86-80-74-68-62-56-50-44-38-32-26-20-14-8-2)105-141-107-129(125(127)139,113-147-121(135)101-95-89-83-77-71-65-59-53-47-41-35-29-23-17-11-5)115-149-123(137)103-104-124(138)150-116-130(114-148-122(136)102-96-90-84-78-72-66-60-54-48-42-36-30-24-18-12-6)108-142-106-128(126(130)140,111-145-119(133)99-93-87-81-75-69-63-57-51-45-39-33-27-21-15-9-3)112-146-120(134)100-94-88-82-76-70-64-58-52-46-40-34-28-22-16-10-4/h103-104,125-126,139-140H,7-102,105-116H2,1-6H3/b104-103-. The molecule has 2 aliphatic rings. The maximum Gasteiger partial charge on any atom is 0.331 e. The minimum absolute atomic E-state index is 0.0997. The third-order valence-electron chi connectivity index (χ3n) is 32.3. The van der Waals surface area contributed by atoms with Crippen molar-refractivity contribution in [2.45, 2.75) is 670 Å². The second-order valence-corrected chi connectivity index (χ2v) is 47.0. The lowest BCUT2D eigenvalue weighted by Crippen LogP contribution is -2.64. The van der Waals surface area contributed by atoms with Crippen LogP contribution in [0.25, 0.3) is 0 Å². The molecule has 2 saturated heterocycles. The molecule has 0 aliphatic carbocycles. The fraction of sp³-hybridized carbons (Fsp3) is 0.923. The Labute approximate surface area is 921 Å². The van der Waals surface area contributed by atoms with E-state index in [0.717, 1.165) is 166 Å². The first kappa shape index (κ1) is 141. The number of carbonyl (C=O) groups excluding carboxylic acids is 8. The minimum atomic E-state index is -1.73. The highest BCUT2D eigenvalue weighted by Gasteiger charge is 2.59. The Morgan fingerprint density at radius 1 is 0.173 bits per heavy atom. The van der Waals surface area contributed by atoms with Gasteiger partial charge in [-0.15, -0.1) is 0 Å². The van der Waals surface area contributed by atoms with Crippen LogP contribution < -0.4 is 0 Å². The monoisotopic (exact) mass is 2120 g/mol. The zero-order valence-corrected chi connectivity index (χ0v) is 98.9. The topological polar surface area (TPSA) is 269 Å². The SMILES string of the molecule is CCCCCCCCCCCCCCCCCC(=O)OCC1(COC(=O)/C=C\C(=O)OCC2(COC(=O)CCCCCCCCCCCCCCCCC)COCC(COC(=O)CCCCCCCCCCCCCCCCC)(COC(=O)CCCCCCCCCCCCCCCCC)C2O)COCC(COC(=O)CCCCCCCCCCCCCCCCC)(COC(=O)CCCCCCCCCCCCCCCCC)C1O. The lowest BCUT2D eigenvalue weighted by molar-refractivity contribution is -0.241. The molecule has 20 heteroatoms. The van der Waals surface area contributed by atoms with Gasteiger partial charge in [-0.1, -0.05) is 581 Å². The summed E-state index contributed by atoms with van der Waals surface area (Å²) in [6.45, 7) is 8.53. The molecule has 150 heavy (non-hydrogen) atoms. The second-order valence-electron chi connectivity index (χ2n) is 47.0. The zero-order chi connectivity index (χ0) is 109. The van der Waals surface area contributed by atoms with E-state index in [2.05, 4.69) is 41.5 Å². The van der Waals surface area contributed by atoms with Gasteiger partial charge in [0.05, 0.1) is 60.3 Å². The van der Waals surface area contributed by atoms with Crippen molar-refractivity contribution in [3.8, 4) is 0 Å². The van der Waals surface area contributed by atoms with Crippen LogP contribution in [0.3, 0.4) is 0 Å². The van der Waals surface area contributed by atoms with Crippen LogP contribution in [0.2, 0.25) is 0 Å². The predicted molar refractivity (Wildman–Crippen MR) is 617 cm³/mol. The normalized spacial score (nSPS) is 16.4. The van der Waals surface area contributed by atoms with E-state index in [-0.39, 0.29) is 65.0 Å². The number of aliphatic hydroxyl groups is 2. The lowest BCUT2D eigenvalue weighted by Gasteiger charge is -2.50. The van der Waals surface area contributed by atoms with Crippen molar-refractivity contribution in [3.63, 3.8) is 0 Å². The predicted octanol–water partition coefficient (Wildman–Crippen LogP) is 36.2. The van der Waals surface area contributed by atoms with Crippen LogP contribution in [0.1, 0.15) is 658 Å². The number of hydrogen-bond acceptors (Lipinski definition) is 20. The quantitative estimate of drug-likeness (QED) is 0.0248. The minimum Gasteiger partial charge on any atom is -0.465 e. The maximum absolute atomic E-state index is 14.4. The van der Waals surface area contributed by atoms with Crippen molar-refractivity contribution in [1.29, 1.82) is 0 Å². The molecule has 2 heterocycles. The van der Waals surface area contributed by atoms with Crippen molar-refractivity contribution in [1.82, 2.24) is 0 Å². The Balaban J connectivity index is 2.56. The van der Waals surface area contributed by atoms with Crippen molar-refractivity contribution >= 4 is 47.8 Å². The number of rotatable bonds is 114. The van der Waals surface area contributed by atoms with E-state index in [4.69, 9.17) is 47.4 Å².